The molecule has 0 saturated carbocycles. The first-order chi connectivity index (χ1) is 6.94. The molecule has 0 aliphatic rings. The first kappa shape index (κ1) is 14.9. The third-order valence-corrected chi connectivity index (χ3v) is 3.71. The monoisotopic (exact) mass is 216 g/mol. The van der Waals surface area contributed by atoms with Crippen molar-refractivity contribution in [2.75, 3.05) is 6.67 Å². The summed E-state index contributed by atoms with van der Waals surface area (Å²) >= 11 is 0. The largest absolute Gasteiger partial charge is 0.251 e. The van der Waals surface area contributed by atoms with E-state index in [-0.39, 0.29) is 6.67 Å². The van der Waals surface area contributed by atoms with Crippen LogP contribution in [0, 0.1) is 17.3 Å². The molecular weight excluding hydrogens is 187 g/mol. The van der Waals surface area contributed by atoms with E-state index in [1.165, 1.54) is 19.3 Å². The zero-order valence-corrected chi connectivity index (χ0v) is 11.3. The van der Waals surface area contributed by atoms with E-state index in [0.717, 1.165) is 24.7 Å². The summed E-state index contributed by atoms with van der Waals surface area (Å²) in [5, 5.41) is 0. The molecule has 0 amide bonds. The Hall–Kier alpha value is -0.0700. The normalized spacial score (nSPS) is 14.6. The molecule has 0 aliphatic carbocycles. The van der Waals surface area contributed by atoms with Gasteiger partial charge in [-0.1, -0.05) is 47.5 Å². The van der Waals surface area contributed by atoms with Crippen molar-refractivity contribution >= 4 is 0 Å². The average molecular weight is 216 g/mol. The van der Waals surface area contributed by atoms with Crippen LogP contribution in [0.15, 0.2) is 0 Å². The van der Waals surface area contributed by atoms with Crippen molar-refractivity contribution in [3.8, 4) is 0 Å². The lowest BCUT2D eigenvalue weighted by Gasteiger charge is -2.35. The van der Waals surface area contributed by atoms with Crippen LogP contribution >= 0.6 is 0 Å². The Morgan fingerprint density at radius 3 is 2.13 bits per heavy atom. The molecule has 1 heteroatoms. The lowest BCUT2D eigenvalue weighted by Crippen LogP contribution is -2.24. The molecular formula is C14H29F. The molecule has 92 valence electrons. The SMILES string of the molecule is CCC(C)(C)C(CCCCF)CC(C)C. The lowest BCUT2D eigenvalue weighted by molar-refractivity contribution is 0.158. The summed E-state index contributed by atoms with van der Waals surface area (Å²) in [5.74, 6) is 1.51. The van der Waals surface area contributed by atoms with Crippen LogP contribution in [-0.2, 0) is 0 Å². The summed E-state index contributed by atoms with van der Waals surface area (Å²) in [6.45, 7) is 11.4. The van der Waals surface area contributed by atoms with Gasteiger partial charge in [0.2, 0.25) is 0 Å². The van der Waals surface area contributed by atoms with Gasteiger partial charge in [-0.05, 0) is 36.5 Å². The van der Waals surface area contributed by atoms with Crippen LogP contribution < -0.4 is 0 Å². The summed E-state index contributed by atoms with van der Waals surface area (Å²) in [5.41, 5.74) is 0.417. The molecule has 15 heavy (non-hydrogen) atoms. The Morgan fingerprint density at radius 1 is 1.13 bits per heavy atom. The van der Waals surface area contributed by atoms with Crippen molar-refractivity contribution in [3.05, 3.63) is 0 Å². The first-order valence-corrected chi connectivity index (χ1v) is 6.50. The van der Waals surface area contributed by atoms with Crippen molar-refractivity contribution in [2.45, 2.75) is 66.7 Å². The van der Waals surface area contributed by atoms with Crippen molar-refractivity contribution in [3.63, 3.8) is 0 Å². The quantitative estimate of drug-likeness (QED) is 0.488. The highest BCUT2D eigenvalue weighted by molar-refractivity contribution is 4.78. The number of hydrogen-bond donors (Lipinski definition) is 0. The van der Waals surface area contributed by atoms with E-state index >= 15 is 0 Å². The van der Waals surface area contributed by atoms with Crippen LogP contribution in [0.25, 0.3) is 0 Å². The van der Waals surface area contributed by atoms with Crippen LogP contribution in [-0.4, -0.2) is 6.67 Å². The Morgan fingerprint density at radius 2 is 1.73 bits per heavy atom. The molecule has 0 rings (SSSR count). The zero-order valence-electron chi connectivity index (χ0n) is 11.3. The topological polar surface area (TPSA) is 0 Å². The van der Waals surface area contributed by atoms with E-state index in [1.54, 1.807) is 0 Å². The third-order valence-electron chi connectivity index (χ3n) is 3.71. The van der Waals surface area contributed by atoms with E-state index in [4.69, 9.17) is 0 Å². The van der Waals surface area contributed by atoms with Gasteiger partial charge in [-0.3, -0.25) is 4.39 Å². The second kappa shape index (κ2) is 7.24. The Kier molecular flexibility index (Phi) is 7.21. The molecule has 0 aromatic carbocycles. The van der Waals surface area contributed by atoms with Crippen LogP contribution in [0.4, 0.5) is 4.39 Å². The second-order valence-corrected chi connectivity index (χ2v) is 5.85. The molecule has 0 aliphatic heterocycles. The standard InChI is InChI=1S/C14H29F/c1-6-14(4,5)13(11-12(2)3)9-7-8-10-15/h12-13H,6-11H2,1-5H3. The van der Waals surface area contributed by atoms with E-state index < -0.39 is 0 Å². The molecule has 0 nitrogen and oxygen atoms in total. The fourth-order valence-electron chi connectivity index (χ4n) is 2.17. The summed E-state index contributed by atoms with van der Waals surface area (Å²) in [6, 6.07) is 0. The molecule has 0 aromatic heterocycles. The highest BCUT2D eigenvalue weighted by atomic mass is 19.1. The maximum Gasteiger partial charge on any atom is 0.0894 e. The fraction of sp³-hybridized carbons (Fsp3) is 1.00. The third kappa shape index (κ3) is 6.17. The molecule has 0 aromatic rings. The summed E-state index contributed by atoms with van der Waals surface area (Å²) in [6.07, 6.45) is 5.50. The molecule has 0 heterocycles. The van der Waals surface area contributed by atoms with Gasteiger partial charge in [0.1, 0.15) is 0 Å². The Bertz CT molecular complexity index is 149. The van der Waals surface area contributed by atoms with Crippen LogP contribution in [0.1, 0.15) is 66.7 Å². The maximum absolute atomic E-state index is 12.1. The molecule has 1 atom stereocenters. The minimum atomic E-state index is -0.152. The minimum absolute atomic E-state index is 0.152. The van der Waals surface area contributed by atoms with Gasteiger partial charge in [0.25, 0.3) is 0 Å². The minimum Gasteiger partial charge on any atom is -0.251 e. The number of halogens is 1. The smallest absolute Gasteiger partial charge is 0.0894 e. The van der Waals surface area contributed by atoms with Gasteiger partial charge < -0.3 is 0 Å². The number of rotatable bonds is 8. The fourth-order valence-corrected chi connectivity index (χ4v) is 2.17. The molecule has 1 unspecified atom stereocenters. The zero-order chi connectivity index (χ0) is 11.9. The second-order valence-electron chi connectivity index (χ2n) is 5.85. The van der Waals surface area contributed by atoms with Crippen molar-refractivity contribution in [1.82, 2.24) is 0 Å². The van der Waals surface area contributed by atoms with Gasteiger partial charge >= 0.3 is 0 Å². The number of unbranched alkanes of at least 4 members (excludes halogenated alkanes) is 1. The predicted octanol–water partition coefficient (Wildman–Crippen LogP) is 5.22. The van der Waals surface area contributed by atoms with Gasteiger partial charge in [0.05, 0.1) is 6.67 Å². The van der Waals surface area contributed by atoms with E-state index in [0.29, 0.717) is 5.41 Å². The van der Waals surface area contributed by atoms with E-state index in [2.05, 4.69) is 34.6 Å². The van der Waals surface area contributed by atoms with Crippen molar-refractivity contribution < 1.29 is 4.39 Å². The maximum atomic E-state index is 12.1. The van der Waals surface area contributed by atoms with Gasteiger partial charge in [0, 0.05) is 0 Å². The molecule has 0 radical (unpaired) electrons. The first-order valence-electron chi connectivity index (χ1n) is 6.50. The van der Waals surface area contributed by atoms with Crippen LogP contribution in [0.3, 0.4) is 0 Å². The molecule has 0 N–H and O–H groups in total. The van der Waals surface area contributed by atoms with Crippen molar-refractivity contribution in [1.29, 1.82) is 0 Å². The average Bonchev–Trinajstić information content (AvgIpc) is 2.16. The van der Waals surface area contributed by atoms with E-state index in [1.807, 2.05) is 0 Å². The molecule has 0 fully saturated rings. The van der Waals surface area contributed by atoms with Crippen molar-refractivity contribution in [2.24, 2.45) is 17.3 Å². The van der Waals surface area contributed by atoms with Crippen LogP contribution in [0.5, 0.6) is 0 Å². The van der Waals surface area contributed by atoms with Crippen LogP contribution in [0.2, 0.25) is 0 Å². The van der Waals surface area contributed by atoms with E-state index in [9.17, 15) is 4.39 Å². The predicted molar refractivity (Wildman–Crippen MR) is 66.8 cm³/mol. The highest BCUT2D eigenvalue weighted by Gasteiger charge is 2.27. The highest BCUT2D eigenvalue weighted by Crippen LogP contribution is 2.38. The summed E-state index contributed by atoms with van der Waals surface area (Å²) in [4.78, 5) is 0. The summed E-state index contributed by atoms with van der Waals surface area (Å²) in [7, 11) is 0. The van der Waals surface area contributed by atoms with Gasteiger partial charge in [-0.25, -0.2) is 0 Å². The van der Waals surface area contributed by atoms with Gasteiger partial charge in [-0.2, -0.15) is 0 Å². The number of alkyl halides is 1. The summed E-state index contributed by atoms with van der Waals surface area (Å²) < 4.78 is 12.1. The molecule has 0 spiro atoms. The lowest BCUT2D eigenvalue weighted by atomic mass is 9.71. The molecule has 0 saturated heterocycles. The van der Waals surface area contributed by atoms with Gasteiger partial charge in [0.15, 0.2) is 0 Å². The van der Waals surface area contributed by atoms with Gasteiger partial charge in [-0.15, -0.1) is 0 Å². The Balaban J connectivity index is 4.18. The molecule has 0 bridgehead atoms. The Labute approximate surface area is 95.6 Å². The number of hydrogen-bond acceptors (Lipinski definition) is 0.